The SMILES string of the molecule is Fc1ccc(-c2ccc(NC3C[C@@H]4CN(CC5CCOCC5)C[C@@H]4C3)nn2)c(Cl)c1. The monoisotopic (exact) mass is 430 g/mol. The van der Waals surface area contributed by atoms with Crippen LogP contribution in [0.1, 0.15) is 25.7 Å². The molecular weight excluding hydrogens is 403 g/mol. The molecule has 1 aromatic heterocycles. The minimum absolute atomic E-state index is 0.346. The van der Waals surface area contributed by atoms with Crippen molar-refractivity contribution in [2.45, 2.75) is 31.7 Å². The summed E-state index contributed by atoms with van der Waals surface area (Å²) in [5.74, 6) is 2.82. The van der Waals surface area contributed by atoms with Gasteiger partial charge in [-0.05, 0) is 73.8 Å². The molecule has 1 aromatic carbocycles. The first-order valence-corrected chi connectivity index (χ1v) is 11.4. The Balaban J connectivity index is 1.14. The van der Waals surface area contributed by atoms with E-state index in [0.29, 0.717) is 22.3 Å². The van der Waals surface area contributed by atoms with Gasteiger partial charge in [-0.1, -0.05) is 11.6 Å². The molecule has 3 aliphatic rings. The molecule has 1 saturated carbocycles. The number of halogens is 2. The lowest BCUT2D eigenvalue weighted by atomic mass is 10.00. The fraction of sp³-hybridized carbons (Fsp3) is 0.565. The van der Waals surface area contributed by atoms with Crippen LogP contribution in [0.3, 0.4) is 0 Å². The number of nitrogens with one attached hydrogen (secondary N) is 1. The summed E-state index contributed by atoms with van der Waals surface area (Å²) in [7, 11) is 0. The molecule has 0 amide bonds. The lowest BCUT2D eigenvalue weighted by molar-refractivity contribution is 0.0545. The van der Waals surface area contributed by atoms with Crippen molar-refractivity contribution in [2.24, 2.45) is 17.8 Å². The van der Waals surface area contributed by atoms with E-state index in [-0.39, 0.29) is 5.82 Å². The second kappa shape index (κ2) is 8.77. The van der Waals surface area contributed by atoms with Gasteiger partial charge in [-0.2, -0.15) is 0 Å². The molecule has 30 heavy (non-hydrogen) atoms. The normalized spacial score (nSPS) is 27.3. The minimum Gasteiger partial charge on any atom is -0.381 e. The second-order valence-electron chi connectivity index (χ2n) is 9.04. The molecule has 2 aromatic rings. The van der Waals surface area contributed by atoms with E-state index in [2.05, 4.69) is 20.4 Å². The Morgan fingerprint density at radius 2 is 1.83 bits per heavy atom. The Hall–Kier alpha value is -1.76. The molecule has 3 atom stereocenters. The average molecular weight is 431 g/mol. The predicted octanol–water partition coefficient (Wildman–Crippen LogP) is 4.49. The largest absolute Gasteiger partial charge is 0.381 e. The first-order valence-electron chi connectivity index (χ1n) is 11.0. The summed E-state index contributed by atoms with van der Waals surface area (Å²) in [6, 6.07) is 8.61. The Morgan fingerprint density at radius 1 is 1.07 bits per heavy atom. The van der Waals surface area contributed by atoms with Gasteiger partial charge in [-0.25, -0.2) is 4.39 Å². The van der Waals surface area contributed by atoms with E-state index in [4.69, 9.17) is 16.3 Å². The van der Waals surface area contributed by atoms with Crippen molar-refractivity contribution in [1.82, 2.24) is 15.1 Å². The van der Waals surface area contributed by atoms with E-state index >= 15 is 0 Å². The molecule has 2 saturated heterocycles. The first-order chi connectivity index (χ1) is 14.6. The van der Waals surface area contributed by atoms with Crippen molar-refractivity contribution in [3.8, 4) is 11.3 Å². The van der Waals surface area contributed by atoms with Crippen LogP contribution in [0.5, 0.6) is 0 Å². The number of benzene rings is 1. The number of anilines is 1. The number of nitrogens with zero attached hydrogens (tertiary/aromatic N) is 3. The fourth-order valence-corrected chi connectivity index (χ4v) is 5.68. The molecule has 2 aliphatic heterocycles. The lowest BCUT2D eigenvalue weighted by Crippen LogP contribution is -2.32. The first kappa shape index (κ1) is 20.2. The van der Waals surface area contributed by atoms with Gasteiger partial charge in [0.1, 0.15) is 11.6 Å². The summed E-state index contributed by atoms with van der Waals surface area (Å²) < 4.78 is 18.7. The number of rotatable bonds is 5. The minimum atomic E-state index is -0.354. The number of fused-ring (bicyclic) bond motifs is 1. The van der Waals surface area contributed by atoms with Crippen LogP contribution in [0.2, 0.25) is 5.02 Å². The van der Waals surface area contributed by atoms with Gasteiger partial charge in [0.05, 0.1) is 10.7 Å². The van der Waals surface area contributed by atoms with E-state index < -0.39 is 0 Å². The van der Waals surface area contributed by atoms with Crippen molar-refractivity contribution in [2.75, 3.05) is 38.2 Å². The quantitative estimate of drug-likeness (QED) is 0.757. The van der Waals surface area contributed by atoms with Gasteiger partial charge in [0.25, 0.3) is 0 Å². The van der Waals surface area contributed by atoms with Gasteiger partial charge in [0.15, 0.2) is 0 Å². The maximum Gasteiger partial charge on any atom is 0.148 e. The highest BCUT2D eigenvalue weighted by molar-refractivity contribution is 6.33. The summed E-state index contributed by atoms with van der Waals surface area (Å²) in [5, 5.41) is 12.5. The molecule has 160 valence electrons. The van der Waals surface area contributed by atoms with Gasteiger partial charge in [0.2, 0.25) is 0 Å². The van der Waals surface area contributed by atoms with Gasteiger partial charge < -0.3 is 15.0 Å². The van der Waals surface area contributed by atoms with E-state index in [1.165, 1.54) is 57.5 Å². The number of ether oxygens (including phenoxy) is 1. The molecule has 1 unspecified atom stereocenters. The van der Waals surface area contributed by atoms with E-state index in [9.17, 15) is 4.39 Å². The average Bonchev–Trinajstić information content (AvgIpc) is 3.27. The Bertz CT molecular complexity index is 860. The molecule has 7 heteroatoms. The predicted molar refractivity (Wildman–Crippen MR) is 116 cm³/mol. The van der Waals surface area contributed by atoms with Crippen molar-refractivity contribution < 1.29 is 9.13 Å². The molecular formula is C23H28ClFN4O. The standard InChI is InChI=1S/C23H28ClFN4O/c24-21-11-18(25)1-2-20(21)22-3-4-23(28-27-22)26-19-9-16-13-29(14-17(16)10-19)12-15-5-7-30-8-6-15/h1-4,11,15-17,19H,5-10,12-14H2,(H,26,28)/t16-,17+,19?. The van der Waals surface area contributed by atoms with Crippen molar-refractivity contribution in [3.63, 3.8) is 0 Å². The van der Waals surface area contributed by atoms with Crippen molar-refractivity contribution >= 4 is 17.4 Å². The highest BCUT2D eigenvalue weighted by atomic mass is 35.5. The maximum absolute atomic E-state index is 13.3. The smallest absolute Gasteiger partial charge is 0.148 e. The summed E-state index contributed by atoms with van der Waals surface area (Å²) in [5.41, 5.74) is 1.34. The molecule has 1 N–H and O–H groups in total. The van der Waals surface area contributed by atoms with Gasteiger partial charge in [-0.15, -0.1) is 10.2 Å². The van der Waals surface area contributed by atoms with Crippen LogP contribution >= 0.6 is 11.6 Å². The zero-order valence-electron chi connectivity index (χ0n) is 17.1. The van der Waals surface area contributed by atoms with E-state index in [0.717, 1.165) is 36.8 Å². The number of aromatic nitrogens is 2. The fourth-order valence-electron chi connectivity index (χ4n) is 5.42. The molecule has 1 aliphatic carbocycles. The summed E-state index contributed by atoms with van der Waals surface area (Å²) in [4.78, 5) is 2.68. The number of likely N-dealkylation sites (tertiary alicyclic amines) is 1. The van der Waals surface area contributed by atoms with Gasteiger partial charge >= 0.3 is 0 Å². The van der Waals surface area contributed by atoms with Crippen molar-refractivity contribution in [1.29, 1.82) is 0 Å². The van der Waals surface area contributed by atoms with E-state index in [1.807, 2.05) is 12.1 Å². The van der Waals surface area contributed by atoms with Crippen LogP contribution in [-0.4, -0.2) is 54.0 Å². The Labute approximate surface area is 182 Å². The summed E-state index contributed by atoms with van der Waals surface area (Å²) in [6.45, 7) is 5.57. The molecule has 0 spiro atoms. The van der Waals surface area contributed by atoms with Crippen LogP contribution < -0.4 is 5.32 Å². The number of hydrogen-bond donors (Lipinski definition) is 1. The summed E-state index contributed by atoms with van der Waals surface area (Å²) in [6.07, 6.45) is 4.83. The molecule has 0 bridgehead atoms. The summed E-state index contributed by atoms with van der Waals surface area (Å²) >= 11 is 6.14. The molecule has 3 heterocycles. The van der Waals surface area contributed by atoms with E-state index in [1.54, 1.807) is 6.07 Å². The topological polar surface area (TPSA) is 50.3 Å². The third kappa shape index (κ3) is 4.46. The molecule has 3 fully saturated rings. The zero-order chi connectivity index (χ0) is 20.5. The maximum atomic E-state index is 13.3. The van der Waals surface area contributed by atoms with Crippen LogP contribution in [0.25, 0.3) is 11.3 Å². The third-order valence-electron chi connectivity index (χ3n) is 6.91. The van der Waals surface area contributed by atoms with Crippen LogP contribution in [0, 0.1) is 23.6 Å². The highest BCUT2D eigenvalue weighted by Gasteiger charge is 2.41. The van der Waals surface area contributed by atoms with Crippen LogP contribution in [0.15, 0.2) is 30.3 Å². The second-order valence-corrected chi connectivity index (χ2v) is 9.44. The van der Waals surface area contributed by atoms with Crippen molar-refractivity contribution in [3.05, 3.63) is 41.2 Å². The van der Waals surface area contributed by atoms with Crippen LogP contribution in [0.4, 0.5) is 10.2 Å². The number of hydrogen-bond acceptors (Lipinski definition) is 5. The molecule has 5 rings (SSSR count). The lowest BCUT2D eigenvalue weighted by Gasteiger charge is -2.27. The zero-order valence-corrected chi connectivity index (χ0v) is 17.8. The van der Waals surface area contributed by atoms with Crippen LogP contribution in [-0.2, 0) is 4.74 Å². The Morgan fingerprint density at radius 3 is 2.50 bits per heavy atom. The molecule has 5 nitrogen and oxygen atoms in total. The highest BCUT2D eigenvalue weighted by Crippen LogP contribution is 2.39. The van der Waals surface area contributed by atoms with Gasteiger partial charge in [0, 0.05) is 44.5 Å². The molecule has 0 radical (unpaired) electrons. The third-order valence-corrected chi connectivity index (χ3v) is 7.22. The van der Waals surface area contributed by atoms with Gasteiger partial charge in [-0.3, -0.25) is 0 Å². The Kier molecular flexibility index (Phi) is 5.89.